The lowest BCUT2D eigenvalue weighted by molar-refractivity contribution is -0.154. The van der Waals surface area contributed by atoms with Gasteiger partial charge in [0.25, 0.3) is 0 Å². The van der Waals surface area contributed by atoms with Crippen molar-refractivity contribution in [2.45, 2.75) is 83.7 Å². The van der Waals surface area contributed by atoms with Crippen LogP contribution >= 0.6 is 0 Å². The molecule has 0 aromatic heterocycles. The van der Waals surface area contributed by atoms with Crippen LogP contribution in [0.1, 0.15) is 52.5 Å². The molecule has 4 atom stereocenters. The van der Waals surface area contributed by atoms with Gasteiger partial charge in [-0.25, -0.2) is 4.79 Å². The second kappa shape index (κ2) is 11.3. The molecule has 1 aliphatic carbocycles. The highest BCUT2D eigenvalue weighted by atomic mass is 28.4. The molecule has 1 spiro atoms. The fraction of sp³-hybridized carbons (Fsp3) is 0.645. The van der Waals surface area contributed by atoms with Gasteiger partial charge in [0.2, 0.25) is 11.8 Å². The predicted molar refractivity (Wildman–Crippen MR) is 158 cm³/mol. The molecule has 220 valence electrons. The van der Waals surface area contributed by atoms with Gasteiger partial charge in [0.1, 0.15) is 0 Å². The molecule has 4 rings (SSSR count). The molecular formula is C31H47N3O5Si. The average Bonchev–Trinajstić information content (AvgIpc) is 3.23. The van der Waals surface area contributed by atoms with E-state index in [4.69, 9.17) is 9.16 Å². The zero-order valence-electron chi connectivity index (χ0n) is 25.5. The number of ether oxygens (including phenoxy) is 1. The summed E-state index contributed by atoms with van der Waals surface area (Å²) < 4.78 is 12.2. The molecule has 0 saturated carbocycles. The molecule has 3 aliphatic rings. The second-order valence-electron chi connectivity index (χ2n) is 13.2. The summed E-state index contributed by atoms with van der Waals surface area (Å²) in [6, 6.07) is 9.29. The van der Waals surface area contributed by atoms with E-state index in [-0.39, 0.29) is 35.4 Å². The lowest BCUT2D eigenvalue weighted by atomic mass is 9.58. The van der Waals surface area contributed by atoms with E-state index in [0.29, 0.717) is 44.5 Å². The van der Waals surface area contributed by atoms with Gasteiger partial charge in [0, 0.05) is 38.7 Å². The van der Waals surface area contributed by atoms with Crippen LogP contribution in [-0.4, -0.2) is 86.9 Å². The molecule has 0 bridgehead atoms. The van der Waals surface area contributed by atoms with Crippen molar-refractivity contribution in [3.63, 3.8) is 0 Å². The van der Waals surface area contributed by atoms with Gasteiger partial charge in [-0.1, -0.05) is 57.2 Å². The topological polar surface area (TPSA) is 79.4 Å². The highest BCUT2D eigenvalue weighted by Gasteiger charge is 2.66. The van der Waals surface area contributed by atoms with Gasteiger partial charge in [0.15, 0.2) is 8.32 Å². The van der Waals surface area contributed by atoms with Crippen molar-refractivity contribution < 1.29 is 23.5 Å². The zero-order chi connectivity index (χ0) is 29.5. The van der Waals surface area contributed by atoms with Crippen molar-refractivity contribution in [1.29, 1.82) is 0 Å². The molecule has 1 aromatic rings. The van der Waals surface area contributed by atoms with Crippen molar-refractivity contribution in [1.82, 2.24) is 14.7 Å². The number of likely N-dealkylation sites (N-methyl/N-ethyl adjacent to an activating group) is 1. The Morgan fingerprint density at radius 1 is 1.15 bits per heavy atom. The van der Waals surface area contributed by atoms with E-state index < -0.39 is 25.9 Å². The Kier molecular flexibility index (Phi) is 8.57. The Morgan fingerprint density at radius 3 is 2.42 bits per heavy atom. The van der Waals surface area contributed by atoms with Crippen molar-refractivity contribution in [3.8, 4) is 0 Å². The Hall–Kier alpha value is -2.65. The molecule has 2 aliphatic heterocycles. The number of hydrogen-bond donors (Lipinski definition) is 0. The van der Waals surface area contributed by atoms with Gasteiger partial charge in [-0.2, -0.15) is 0 Å². The van der Waals surface area contributed by atoms with Gasteiger partial charge in [-0.3, -0.25) is 14.5 Å². The van der Waals surface area contributed by atoms with Crippen molar-refractivity contribution in [2.75, 3.05) is 33.9 Å². The quantitative estimate of drug-likeness (QED) is 0.429. The Balaban J connectivity index is 1.77. The first-order chi connectivity index (χ1) is 18.7. The number of amides is 3. The summed E-state index contributed by atoms with van der Waals surface area (Å²) in [6.45, 7) is 14.5. The summed E-state index contributed by atoms with van der Waals surface area (Å²) in [4.78, 5) is 47.0. The molecule has 2 fully saturated rings. The zero-order valence-corrected chi connectivity index (χ0v) is 26.5. The lowest BCUT2D eigenvalue weighted by Gasteiger charge is -2.51. The van der Waals surface area contributed by atoms with E-state index in [1.165, 1.54) is 0 Å². The van der Waals surface area contributed by atoms with Gasteiger partial charge in [-0.05, 0) is 49.9 Å². The van der Waals surface area contributed by atoms with Crippen LogP contribution in [0.4, 0.5) is 4.79 Å². The molecule has 1 aromatic carbocycles. The summed E-state index contributed by atoms with van der Waals surface area (Å²) in [5.74, 6) is -0.301. The van der Waals surface area contributed by atoms with Crippen molar-refractivity contribution >= 4 is 26.2 Å². The normalized spacial score (nSPS) is 26.6. The third-order valence-corrected chi connectivity index (χ3v) is 14.1. The van der Waals surface area contributed by atoms with Crippen LogP contribution in [-0.2, 0) is 25.3 Å². The molecule has 3 amide bonds. The fourth-order valence-corrected chi connectivity index (χ4v) is 7.58. The highest BCUT2D eigenvalue weighted by Crippen LogP contribution is 2.57. The molecule has 0 N–H and O–H groups in total. The SMILES string of the molecule is CCOC(=O)N1[C@H](CO[Si](C)(C)C(C)(C)C)C[C@]23C(=O)N(Cc4ccccc4)CC[C@@H]2C(C(=O)N(C)C)=CC[C@H]13. The minimum Gasteiger partial charge on any atom is -0.450 e. The lowest BCUT2D eigenvalue weighted by Crippen LogP contribution is -2.61. The monoisotopic (exact) mass is 569 g/mol. The maximum absolute atomic E-state index is 14.7. The van der Waals surface area contributed by atoms with Crippen molar-refractivity contribution in [3.05, 3.63) is 47.5 Å². The van der Waals surface area contributed by atoms with Crippen LogP contribution < -0.4 is 0 Å². The minimum atomic E-state index is -2.13. The molecule has 40 heavy (non-hydrogen) atoms. The maximum Gasteiger partial charge on any atom is 0.410 e. The maximum atomic E-state index is 14.7. The number of benzene rings is 1. The first kappa shape index (κ1) is 30.3. The molecule has 9 heteroatoms. The van der Waals surface area contributed by atoms with Gasteiger partial charge in [-0.15, -0.1) is 0 Å². The van der Waals surface area contributed by atoms with Gasteiger partial charge < -0.3 is 19.0 Å². The average molecular weight is 570 g/mol. The van der Waals surface area contributed by atoms with Gasteiger partial charge in [0.05, 0.1) is 30.7 Å². The van der Waals surface area contributed by atoms with E-state index in [0.717, 1.165) is 5.56 Å². The third-order valence-electron chi connectivity index (χ3n) is 9.62. The van der Waals surface area contributed by atoms with Gasteiger partial charge >= 0.3 is 6.09 Å². The first-order valence-electron chi connectivity index (χ1n) is 14.6. The van der Waals surface area contributed by atoms with Crippen LogP contribution in [0.2, 0.25) is 18.1 Å². The second-order valence-corrected chi connectivity index (χ2v) is 18.0. The molecular weight excluding hydrogens is 522 g/mol. The Bertz CT molecular complexity index is 1150. The van der Waals surface area contributed by atoms with Crippen LogP contribution in [0.5, 0.6) is 0 Å². The molecule has 8 nitrogen and oxygen atoms in total. The van der Waals surface area contributed by atoms with Crippen LogP contribution in [0, 0.1) is 11.3 Å². The minimum absolute atomic E-state index is 0.00788. The highest BCUT2D eigenvalue weighted by molar-refractivity contribution is 6.74. The predicted octanol–water partition coefficient (Wildman–Crippen LogP) is 5.06. The van der Waals surface area contributed by atoms with E-state index in [2.05, 4.69) is 33.9 Å². The van der Waals surface area contributed by atoms with Crippen LogP contribution in [0.25, 0.3) is 0 Å². The van der Waals surface area contributed by atoms with E-state index in [1.54, 1.807) is 30.8 Å². The summed E-state index contributed by atoms with van der Waals surface area (Å²) in [5, 5.41) is 0.00788. The smallest absolute Gasteiger partial charge is 0.410 e. The van der Waals surface area contributed by atoms with E-state index in [9.17, 15) is 14.4 Å². The number of carbonyl (C=O) groups is 3. The number of piperidine rings is 1. The largest absolute Gasteiger partial charge is 0.450 e. The summed E-state index contributed by atoms with van der Waals surface area (Å²) in [5.41, 5.74) is 0.858. The molecule has 2 heterocycles. The number of hydrogen-bond acceptors (Lipinski definition) is 5. The van der Waals surface area contributed by atoms with Crippen LogP contribution in [0.3, 0.4) is 0 Å². The molecule has 0 radical (unpaired) electrons. The number of rotatable bonds is 7. The molecule has 2 saturated heterocycles. The standard InChI is InChI=1S/C31H47N3O5Si/c1-9-38-29(37)34-23(21-39-40(7,8)30(2,3)4)19-31-25(24(15-16-26(31)34)27(35)32(5)6)17-18-33(28(31)36)20-22-13-11-10-12-14-22/h10-15,23,25-26H,9,16-21H2,1-8H3/t23-,25+,26-,31-/m0/s1. The van der Waals surface area contributed by atoms with Crippen LogP contribution in [0.15, 0.2) is 42.0 Å². The Morgan fingerprint density at radius 2 is 1.82 bits per heavy atom. The fourth-order valence-electron chi connectivity index (χ4n) is 6.54. The summed E-state index contributed by atoms with van der Waals surface area (Å²) >= 11 is 0. The van der Waals surface area contributed by atoms with E-state index >= 15 is 0 Å². The summed E-state index contributed by atoms with van der Waals surface area (Å²) in [6.07, 6.45) is 3.13. The van der Waals surface area contributed by atoms with E-state index in [1.807, 2.05) is 41.3 Å². The third kappa shape index (κ3) is 5.34. The number of likely N-dealkylation sites (tertiary alicyclic amines) is 2. The number of nitrogens with zero attached hydrogens (tertiary/aromatic N) is 3. The first-order valence-corrected chi connectivity index (χ1v) is 17.5. The Labute approximate surface area is 240 Å². The molecule has 0 unspecified atom stereocenters. The number of carbonyl (C=O) groups excluding carboxylic acids is 3. The van der Waals surface area contributed by atoms with Crippen molar-refractivity contribution in [2.24, 2.45) is 11.3 Å². The summed E-state index contributed by atoms with van der Waals surface area (Å²) in [7, 11) is 1.38.